The molecule has 0 saturated carbocycles. The molecule has 0 aliphatic carbocycles. The fourth-order valence-corrected chi connectivity index (χ4v) is 4.69. The second kappa shape index (κ2) is 8.39. The quantitative estimate of drug-likeness (QED) is 0.549. The number of phenolic OH excluding ortho intramolecular Hbond substituents is 1. The number of methoxy groups -OCH3 is 4. The van der Waals surface area contributed by atoms with E-state index in [-0.39, 0.29) is 23.6 Å². The van der Waals surface area contributed by atoms with Gasteiger partial charge in [0.05, 0.1) is 46.1 Å². The zero-order valence-corrected chi connectivity index (χ0v) is 18.4. The van der Waals surface area contributed by atoms with E-state index >= 15 is 0 Å². The van der Waals surface area contributed by atoms with Crippen LogP contribution in [0.4, 0.5) is 5.69 Å². The van der Waals surface area contributed by atoms with Gasteiger partial charge in [0.1, 0.15) is 0 Å². The van der Waals surface area contributed by atoms with E-state index in [1.54, 1.807) is 40.5 Å². The zero-order valence-electron chi connectivity index (χ0n) is 17.6. The maximum atomic E-state index is 13.3. The summed E-state index contributed by atoms with van der Waals surface area (Å²) in [5.74, 6) is 1.36. The summed E-state index contributed by atoms with van der Waals surface area (Å²) < 4.78 is 21.5. The maximum absolute atomic E-state index is 13.3. The third-order valence-electron chi connectivity index (χ3n) is 5.47. The van der Waals surface area contributed by atoms with Gasteiger partial charge in [0.15, 0.2) is 23.0 Å². The second-order valence-electron chi connectivity index (χ2n) is 7.00. The highest BCUT2D eigenvalue weighted by atomic mass is 32.1. The summed E-state index contributed by atoms with van der Waals surface area (Å²) in [6, 6.07) is 10.3. The highest BCUT2D eigenvalue weighted by Crippen LogP contribution is 2.52. The lowest BCUT2D eigenvalue weighted by Crippen LogP contribution is -2.53. The molecule has 1 N–H and O–H groups in total. The molecule has 1 aliphatic rings. The smallest absolute Gasteiger partial charge is 0.237 e. The molecule has 8 heteroatoms. The van der Waals surface area contributed by atoms with Crippen LogP contribution in [0.5, 0.6) is 28.7 Å². The number of thiophene rings is 1. The molecule has 1 aliphatic heterocycles. The fourth-order valence-electron chi connectivity index (χ4n) is 3.99. The van der Waals surface area contributed by atoms with E-state index in [1.807, 2.05) is 22.9 Å². The van der Waals surface area contributed by atoms with Crippen LogP contribution in [0.3, 0.4) is 0 Å². The first kappa shape index (κ1) is 20.9. The van der Waals surface area contributed by atoms with Crippen molar-refractivity contribution in [1.82, 2.24) is 0 Å². The van der Waals surface area contributed by atoms with Crippen molar-refractivity contribution in [3.63, 3.8) is 0 Å². The van der Waals surface area contributed by atoms with Gasteiger partial charge in [0.2, 0.25) is 11.7 Å². The molecule has 1 fully saturated rings. The van der Waals surface area contributed by atoms with E-state index in [9.17, 15) is 9.90 Å². The van der Waals surface area contributed by atoms with Gasteiger partial charge >= 0.3 is 0 Å². The number of phenols is 1. The molecule has 0 bridgehead atoms. The summed E-state index contributed by atoms with van der Waals surface area (Å²) in [5.41, 5.74) is 2.35. The average Bonchev–Trinajstić information content (AvgIpc) is 3.30. The SMILES string of the molecule is COc1ccc([C@@H]2[C@@H](c3ccsc3)C(=O)N2c2cc(OC)c(OC)c(OC)c2)cc1O. The first-order chi connectivity index (χ1) is 15.0. The van der Waals surface area contributed by atoms with E-state index in [2.05, 4.69) is 0 Å². The Bertz CT molecular complexity index is 1070. The van der Waals surface area contributed by atoms with Crippen LogP contribution >= 0.6 is 11.3 Å². The average molecular weight is 442 g/mol. The van der Waals surface area contributed by atoms with Gasteiger partial charge in [0, 0.05) is 12.1 Å². The van der Waals surface area contributed by atoms with Crippen LogP contribution < -0.4 is 23.8 Å². The van der Waals surface area contributed by atoms with E-state index in [4.69, 9.17) is 18.9 Å². The Hall–Kier alpha value is -3.39. The van der Waals surface area contributed by atoms with Gasteiger partial charge in [-0.15, -0.1) is 0 Å². The Labute approximate surface area is 184 Å². The molecule has 2 heterocycles. The summed E-state index contributed by atoms with van der Waals surface area (Å²) >= 11 is 1.54. The second-order valence-corrected chi connectivity index (χ2v) is 7.78. The lowest BCUT2D eigenvalue weighted by atomic mass is 9.78. The van der Waals surface area contributed by atoms with Gasteiger partial charge in [-0.05, 0) is 40.1 Å². The van der Waals surface area contributed by atoms with Crippen molar-refractivity contribution >= 4 is 22.9 Å². The standard InChI is InChI=1S/C23H23NO6S/c1-27-17-6-5-13(9-16(17)25)21-20(14-7-8-31-12-14)23(26)24(21)15-10-18(28-2)22(30-4)19(11-15)29-3/h5-12,20-21,25H,1-4H3/t20-,21-/m1/s1. The van der Waals surface area contributed by atoms with Crippen LogP contribution in [0.25, 0.3) is 0 Å². The van der Waals surface area contributed by atoms with Crippen molar-refractivity contribution in [2.24, 2.45) is 0 Å². The number of nitrogens with zero attached hydrogens (tertiary/aromatic N) is 1. The molecule has 4 rings (SSSR count). The molecule has 7 nitrogen and oxygen atoms in total. The van der Waals surface area contributed by atoms with Crippen LogP contribution in [-0.2, 0) is 4.79 Å². The lowest BCUT2D eigenvalue weighted by Gasteiger charge is -2.47. The van der Waals surface area contributed by atoms with Gasteiger partial charge in [-0.25, -0.2) is 0 Å². The minimum absolute atomic E-state index is 0.0215. The van der Waals surface area contributed by atoms with Crippen LogP contribution in [0.1, 0.15) is 23.1 Å². The summed E-state index contributed by atoms with van der Waals surface area (Å²) in [5, 5.41) is 14.3. The van der Waals surface area contributed by atoms with Crippen LogP contribution in [0.2, 0.25) is 0 Å². The molecule has 162 valence electrons. The molecular formula is C23H23NO6S. The molecular weight excluding hydrogens is 418 g/mol. The van der Waals surface area contributed by atoms with Gasteiger partial charge in [0.25, 0.3) is 0 Å². The number of benzene rings is 2. The number of ether oxygens (including phenoxy) is 4. The first-order valence-electron chi connectivity index (χ1n) is 9.56. The maximum Gasteiger partial charge on any atom is 0.237 e. The largest absolute Gasteiger partial charge is 0.504 e. The van der Waals surface area contributed by atoms with Crippen LogP contribution in [-0.4, -0.2) is 39.5 Å². The summed E-state index contributed by atoms with van der Waals surface area (Å²) in [6.07, 6.45) is 0. The van der Waals surface area contributed by atoms with E-state index in [1.165, 1.54) is 28.4 Å². The normalized spacial score (nSPS) is 17.8. The molecule has 0 radical (unpaired) electrons. The van der Waals surface area contributed by atoms with Crippen LogP contribution in [0, 0.1) is 0 Å². The minimum Gasteiger partial charge on any atom is -0.504 e. The minimum atomic E-state index is -0.363. The lowest BCUT2D eigenvalue weighted by molar-refractivity contribution is -0.126. The third kappa shape index (κ3) is 3.42. The predicted molar refractivity (Wildman–Crippen MR) is 118 cm³/mol. The summed E-state index contributed by atoms with van der Waals surface area (Å²) in [7, 11) is 6.10. The van der Waals surface area contributed by atoms with Crippen molar-refractivity contribution < 1.29 is 28.8 Å². The fraction of sp³-hybridized carbons (Fsp3) is 0.261. The monoisotopic (exact) mass is 441 g/mol. The van der Waals surface area contributed by atoms with Gasteiger partial charge < -0.3 is 29.0 Å². The van der Waals surface area contributed by atoms with Crippen molar-refractivity contribution in [2.45, 2.75) is 12.0 Å². The van der Waals surface area contributed by atoms with Gasteiger partial charge in [-0.2, -0.15) is 11.3 Å². The molecule has 0 unspecified atom stereocenters. The van der Waals surface area contributed by atoms with Crippen molar-refractivity contribution in [2.75, 3.05) is 33.3 Å². The Morgan fingerprint density at radius 1 is 0.871 bits per heavy atom. The first-order valence-corrected chi connectivity index (χ1v) is 10.5. The zero-order chi connectivity index (χ0) is 22.1. The van der Waals surface area contributed by atoms with Crippen molar-refractivity contribution in [3.05, 3.63) is 58.3 Å². The number of hydrogen-bond acceptors (Lipinski definition) is 7. The molecule has 31 heavy (non-hydrogen) atoms. The van der Waals surface area contributed by atoms with Crippen LogP contribution in [0.15, 0.2) is 47.2 Å². The van der Waals surface area contributed by atoms with E-state index in [0.717, 1.165) is 11.1 Å². The topological polar surface area (TPSA) is 77.5 Å². The predicted octanol–water partition coefficient (Wildman–Crippen LogP) is 4.36. The molecule has 2 atom stereocenters. The molecule has 0 spiro atoms. The number of β-lactam (4-membered cyclic amide) rings is 1. The Morgan fingerprint density at radius 2 is 1.55 bits per heavy atom. The number of anilines is 1. The van der Waals surface area contributed by atoms with Gasteiger partial charge in [-0.3, -0.25) is 4.79 Å². The third-order valence-corrected chi connectivity index (χ3v) is 6.17. The molecule has 1 aromatic heterocycles. The van der Waals surface area contributed by atoms with Crippen molar-refractivity contribution in [3.8, 4) is 28.7 Å². The summed E-state index contributed by atoms with van der Waals surface area (Å²) in [4.78, 5) is 15.0. The molecule has 1 amide bonds. The Morgan fingerprint density at radius 3 is 2.06 bits per heavy atom. The molecule has 1 saturated heterocycles. The van der Waals surface area contributed by atoms with E-state index in [0.29, 0.717) is 28.7 Å². The number of carbonyl (C=O) groups excluding carboxylic acids is 1. The molecule has 3 aromatic rings. The van der Waals surface area contributed by atoms with Gasteiger partial charge in [-0.1, -0.05) is 6.07 Å². The molecule has 2 aromatic carbocycles. The summed E-state index contributed by atoms with van der Waals surface area (Å²) in [6.45, 7) is 0. The van der Waals surface area contributed by atoms with Crippen molar-refractivity contribution in [1.29, 1.82) is 0 Å². The number of aromatic hydroxyl groups is 1. The Kier molecular flexibility index (Phi) is 5.65. The number of hydrogen-bond donors (Lipinski definition) is 1. The highest BCUT2D eigenvalue weighted by Gasteiger charge is 2.50. The highest BCUT2D eigenvalue weighted by molar-refractivity contribution is 7.08. The van der Waals surface area contributed by atoms with E-state index < -0.39 is 0 Å². The number of carbonyl (C=O) groups is 1. The number of rotatable bonds is 7. The number of amides is 1. The Balaban J connectivity index is 1.83.